The maximum atomic E-state index is 4.71. The molecule has 4 rings (SSSR count). The Labute approximate surface area is 162 Å². The van der Waals surface area contributed by atoms with Crippen molar-refractivity contribution >= 4 is 11.8 Å². The number of aryl methyl sites for hydroxylation is 1. The first kappa shape index (κ1) is 18.2. The molecule has 2 saturated heterocycles. The highest BCUT2D eigenvalue weighted by atomic mass is 15.3. The fraction of sp³-hybridized carbons (Fsp3) is 0.571. The molecule has 0 aromatic carbocycles. The van der Waals surface area contributed by atoms with Gasteiger partial charge in [-0.15, -0.1) is 0 Å². The lowest BCUT2D eigenvalue weighted by Gasteiger charge is -2.45. The number of nitrogens with zero attached hydrogens (tertiary/aromatic N) is 6. The van der Waals surface area contributed by atoms with Crippen LogP contribution >= 0.6 is 0 Å². The molecule has 6 heteroatoms. The Bertz CT molecular complexity index is 764. The molecule has 2 aromatic heterocycles. The molecule has 6 nitrogen and oxygen atoms in total. The zero-order valence-electron chi connectivity index (χ0n) is 16.7. The Balaban J connectivity index is 1.42. The molecule has 27 heavy (non-hydrogen) atoms. The summed E-state index contributed by atoms with van der Waals surface area (Å²) >= 11 is 0. The van der Waals surface area contributed by atoms with Crippen molar-refractivity contribution in [3.63, 3.8) is 0 Å². The third kappa shape index (κ3) is 3.76. The number of pyridine rings is 1. The maximum absolute atomic E-state index is 4.71. The van der Waals surface area contributed by atoms with Crippen LogP contribution < -0.4 is 9.80 Å². The van der Waals surface area contributed by atoms with E-state index in [1.165, 1.54) is 37.8 Å². The molecule has 4 heterocycles. The quantitative estimate of drug-likeness (QED) is 0.829. The molecule has 0 aliphatic carbocycles. The number of aromatic nitrogens is 3. The van der Waals surface area contributed by atoms with Crippen molar-refractivity contribution in [1.82, 2.24) is 19.9 Å². The minimum absolute atomic E-state index is 0.334. The van der Waals surface area contributed by atoms with E-state index in [4.69, 9.17) is 4.98 Å². The summed E-state index contributed by atoms with van der Waals surface area (Å²) in [6.45, 7) is 6.37. The summed E-state index contributed by atoms with van der Waals surface area (Å²) in [5.74, 6) is 1.90. The van der Waals surface area contributed by atoms with Crippen LogP contribution in [-0.4, -0.2) is 59.1 Å². The van der Waals surface area contributed by atoms with Crippen LogP contribution in [-0.2, 0) is 6.54 Å². The Hall–Kier alpha value is -2.21. The van der Waals surface area contributed by atoms with E-state index in [1.54, 1.807) is 0 Å². The van der Waals surface area contributed by atoms with E-state index in [9.17, 15) is 0 Å². The zero-order valence-corrected chi connectivity index (χ0v) is 16.7. The van der Waals surface area contributed by atoms with Gasteiger partial charge in [-0.3, -0.25) is 4.90 Å². The Kier molecular flexibility index (Phi) is 5.00. The topological polar surface area (TPSA) is 48.4 Å². The minimum Gasteiger partial charge on any atom is -0.356 e. The van der Waals surface area contributed by atoms with Gasteiger partial charge in [-0.1, -0.05) is 6.07 Å². The van der Waals surface area contributed by atoms with Crippen molar-refractivity contribution in [1.29, 1.82) is 0 Å². The van der Waals surface area contributed by atoms with Crippen LogP contribution in [0.4, 0.5) is 11.8 Å². The lowest BCUT2D eigenvalue weighted by Crippen LogP contribution is -2.52. The largest absolute Gasteiger partial charge is 0.356 e. The molecule has 2 fully saturated rings. The molecular weight excluding hydrogens is 336 g/mol. The fourth-order valence-corrected chi connectivity index (χ4v) is 4.55. The normalized spacial score (nSPS) is 19.6. The highest BCUT2D eigenvalue weighted by Crippen LogP contribution is 2.40. The van der Waals surface area contributed by atoms with Gasteiger partial charge in [-0.25, -0.2) is 15.0 Å². The van der Waals surface area contributed by atoms with Crippen molar-refractivity contribution in [2.75, 3.05) is 43.5 Å². The monoisotopic (exact) mass is 366 g/mol. The van der Waals surface area contributed by atoms with Crippen molar-refractivity contribution < 1.29 is 0 Å². The van der Waals surface area contributed by atoms with E-state index in [0.717, 1.165) is 37.1 Å². The maximum Gasteiger partial charge on any atom is 0.224 e. The third-order valence-electron chi connectivity index (χ3n) is 6.10. The average molecular weight is 367 g/mol. The highest BCUT2D eigenvalue weighted by Gasteiger charge is 2.43. The number of hydrogen-bond acceptors (Lipinski definition) is 6. The van der Waals surface area contributed by atoms with Crippen LogP contribution in [0.5, 0.6) is 0 Å². The van der Waals surface area contributed by atoms with E-state index >= 15 is 0 Å². The van der Waals surface area contributed by atoms with E-state index in [2.05, 4.69) is 44.9 Å². The molecule has 2 aliphatic heterocycles. The zero-order chi connectivity index (χ0) is 18.9. The van der Waals surface area contributed by atoms with Crippen LogP contribution in [0.2, 0.25) is 0 Å². The van der Waals surface area contributed by atoms with Gasteiger partial charge in [0.1, 0.15) is 5.82 Å². The van der Waals surface area contributed by atoms with Crippen molar-refractivity contribution in [3.05, 3.63) is 41.9 Å². The molecule has 144 valence electrons. The van der Waals surface area contributed by atoms with Crippen LogP contribution in [0, 0.1) is 6.92 Å². The first-order valence-electron chi connectivity index (χ1n) is 9.98. The number of likely N-dealkylation sites (tertiary alicyclic amines) is 1. The number of piperidine rings is 1. The third-order valence-corrected chi connectivity index (χ3v) is 6.10. The number of rotatable bonds is 4. The van der Waals surface area contributed by atoms with Crippen molar-refractivity contribution in [2.45, 2.75) is 44.7 Å². The summed E-state index contributed by atoms with van der Waals surface area (Å²) in [5, 5.41) is 0. The molecule has 0 saturated carbocycles. The van der Waals surface area contributed by atoms with E-state index in [0.29, 0.717) is 5.54 Å². The second kappa shape index (κ2) is 7.43. The predicted octanol–water partition coefficient (Wildman–Crippen LogP) is 2.88. The van der Waals surface area contributed by atoms with Gasteiger partial charge in [-0.05, 0) is 51.3 Å². The van der Waals surface area contributed by atoms with Crippen LogP contribution in [0.3, 0.4) is 0 Å². The van der Waals surface area contributed by atoms with Gasteiger partial charge in [0.05, 0.1) is 0 Å². The molecule has 1 spiro atoms. The molecule has 0 bridgehead atoms. The summed E-state index contributed by atoms with van der Waals surface area (Å²) in [5.41, 5.74) is 2.64. The molecule has 0 N–H and O–H groups in total. The molecule has 0 unspecified atom stereocenters. The van der Waals surface area contributed by atoms with E-state index < -0.39 is 0 Å². The molecular formula is C21H30N6. The van der Waals surface area contributed by atoms with Gasteiger partial charge in [0.25, 0.3) is 0 Å². The fourth-order valence-electron chi connectivity index (χ4n) is 4.55. The van der Waals surface area contributed by atoms with Gasteiger partial charge in [0, 0.05) is 62.9 Å². The van der Waals surface area contributed by atoms with Gasteiger partial charge in [0.15, 0.2) is 0 Å². The van der Waals surface area contributed by atoms with Crippen molar-refractivity contribution in [2.24, 2.45) is 0 Å². The molecule has 2 aliphatic rings. The highest BCUT2D eigenvalue weighted by molar-refractivity contribution is 5.40. The molecule has 2 aromatic rings. The van der Waals surface area contributed by atoms with Crippen LogP contribution in [0.25, 0.3) is 0 Å². The van der Waals surface area contributed by atoms with Gasteiger partial charge >= 0.3 is 0 Å². The van der Waals surface area contributed by atoms with Crippen LogP contribution in [0.15, 0.2) is 30.6 Å². The summed E-state index contributed by atoms with van der Waals surface area (Å²) in [6.07, 6.45) is 8.98. The van der Waals surface area contributed by atoms with Gasteiger partial charge in [0.2, 0.25) is 5.95 Å². The number of hydrogen-bond donors (Lipinski definition) is 0. The number of anilines is 2. The lowest BCUT2D eigenvalue weighted by molar-refractivity contribution is 0.0994. The SMILES string of the molecule is Cc1cccc(N2CCC3(CCCN3Cc3cnc(N(C)C)nc3)CC2)n1. The summed E-state index contributed by atoms with van der Waals surface area (Å²) in [7, 11) is 3.95. The Morgan fingerprint density at radius 2 is 1.78 bits per heavy atom. The Morgan fingerprint density at radius 1 is 1.04 bits per heavy atom. The molecule has 0 radical (unpaired) electrons. The molecule has 0 amide bonds. The Morgan fingerprint density at radius 3 is 2.44 bits per heavy atom. The van der Waals surface area contributed by atoms with Crippen LogP contribution in [0.1, 0.15) is 36.9 Å². The average Bonchev–Trinajstić information content (AvgIpc) is 3.04. The second-order valence-electron chi connectivity index (χ2n) is 8.16. The first-order chi connectivity index (χ1) is 13.1. The smallest absolute Gasteiger partial charge is 0.224 e. The standard InChI is InChI=1S/C21H30N6/c1-17-6-4-7-19(24-17)26-12-9-21(10-13-26)8-5-11-27(21)16-18-14-22-20(23-15-18)25(2)3/h4,6-7,14-15H,5,8-13,16H2,1-3H3. The summed E-state index contributed by atoms with van der Waals surface area (Å²) in [6, 6.07) is 6.32. The predicted molar refractivity (Wildman–Crippen MR) is 109 cm³/mol. The van der Waals surface area contributed by atoms with Gasteiger partial charge < -0.3 is 9.80 Å². The summed E-state index contributed by atoms with van der Waals surface area (Å²) in [4.78, 5) is 20.8. The van der Waals surface area contributed by atoms with E-state index in [1.807, 2.05) is 31.4 Å². The second-order valence-corrected chi connectivity index (χ2v) is 8.16. The summed E-state index contributed by atoms with van der Waals surface area (Å²) < 4.78 is 0. The van der Waals surface area contributed by atoms with Gasteiger partial charge in [-0.2, -0.15) is 0 Å². The lowest BCUT2D eigenvalue weighted by atomic mass is 9.84. The van der Waals surface area contributed by atoms with Crippen molar-refractivity contribution in [3.8, 4) is 0 Å². The minimum atomic E-state index is 0.334. The first-order valence-corrected chi connectivity index (χ1v) is 9.98. The van der Waals surface area contributed by atoms with E-state index in [-0.39, 0.29) is 0 Å². The molecule has 0 atom stereocenters.